The maximum Gasteiger partial charge on any atom is 0.0804 e. The summed E-state index contributed by atoms with van der Waals surface area (Å²) in [7, 11) is 0. The smallest absolute Gasteiger partial charge is 0.0804 e. The van der Waals surface area contributed by atoms with E-state index in [4.69, 9.17) is 5.73 Å². The fraction of sp³-hybridized carbons (Fsp3) is 0.429. The van der Waals surface area contributed by atoms with E-state index >= 15 is 0 Å². The zero-order chi connectivity index (χ0) is 8.27. The molecule has 1 atom stereocenters. The van der Waals surface area contributed by atoms with Gasteiger partial charge in [0.15, 0.2) is 0 Å². The average Bonchev–Trinajstić information content (AvgIpc) is 2.50. The number of nitrogens with two attached hydrogens (primary N) is 1. The molecule has 3 nitrogen and oxygen atoms in total. The summed E-state index contributed by atoms with van der Waals surface area (Å²) in [6.07, 6.45) is 2.59. The third-order valence-corrected chi connectivity index (χ3v) is 2.34. The Hall–Kier alpha value is -0.740. The zero-order valence-electron chi connectivity index (χ0n) is 6.45. The second kappa shape index (κ2) is 3.59. The summed E-state index contributed by atoms with van der Waals surface area (Å²) in [6, 6.07) is -0.107. The molecule has 0 aliphatic carbocycles. The van der Waals surface area contributed by atoms with Gasteiger partial charge in [0, 0.05) is 0 Å². The fourth-order valence-corrected chi connectivity index (χ4v) is 1.56. The van der Waals surface area contributed by atoms with Crippen LogP contribution in [-0.4, -0.2) is 9.59 Å². The zero-order valence-corrected chi connectivity index (χ0v) is 7.27. The normalized spacial score (nSPS) is 12.9. The van der Waals surface area contributed by atoms with Crippen molar-refractivity contribution in [3.63, 3.8) is 0 Å². The maximum atomic E-state index is 5.73. The predicted molar refractivity (Wildman–Crippen MR) is 46.4 cm³/mol. The second-order valence-corrected chi connectivity index (χ2v) is 2.98. The van der Waals surface area contributed by atoms with Crippen LogP contribution in [0, 0.1) is 0 Å². The third kappa shape index (κ3) is 1.64. The van der Waals surface area contributed by atoms with Gasteiger partial charge in [0.2, 0.25) is 0 Å². The number of aromatic nitrogens is 2. The van der Waals surface area contributed by atoms with E-state index in [0.29, 0.717) is 0 Å². The highest BCUT2D eigenvalue weighted by molar-refractivity contribution is 7.05. The van der Waals surface area contributed by atoms with Crippen LogP contribution < -0.4 is 5.73 Å². The number of rotatable bonds is 3. The first-order valence-corrected chi connectivity index (χ1v) is 4.26. The van der Waals surface area contributed by atoms with Gasteiger partial charge in [0.25, 0.3) is 0 Å². The van der Waals surface area contributed by atoms with Gasteiger partial charge in [-0.1, -0.05) is 17.5 Å². The molecule has 0 aromatic carbocycles. The van der Waals surface area contributed by atoms with Gasteiger partial charge >= 0.3 is 0 Å². The molecular weight excluding hydrogens is 158 g/mol. The second-order valence-electron chi connectivity index (χ2n) is 2.20. The van der Waals surface area contributed by atoms with Crippen LogP contribution in [0.15, 0.2) is 12.7 Å². The molecular formula is C7H11N3S. The summed E-state index contributed by atoms with van der Waals surface area (Å²) < 4.78 is 3.83. The van der Waals surface area contributed by atoms with Crippen molar-refractivity contribution in [3.05, 3.63) is 23.2 Å². The van der Waals surface area contributed by atoms with E-state index in [2.05, 4.69) is 16.2 Å². The Morgan fingerprint density at radius 2 is 2.55 bits per heavy atom. The molecule has 1 heterocycles. The first kappa shape index (κ1) is 8.36. The van der Waals surface area contributed by atoms with Crippen molar-refractivity contribution in [2.75, 3.05) is 0 Å². The molecule has 0 aliphatic rings. The lowest BCUT2D eigenvalue weighted by Crippen LogP contribution is -2.06. The van der Waals surface area contributed by atoms with Crippen LogP contribution in [0.3, 0.4) is 0 Å². The number of aryl methyl sites for hydroxylation is 1. The summed E-state index contributed by atoms with van der Waals surface area (Å²) in [4.78, 5) is 1.03. The standard InChI is InChI=1S/C7H11N3S/c1-3-5(8)7-6(4-2)9-10-11-7/h3,5H,1,4,8H2,2H3. The minimum atomic E-state index is -0.107. The quantitative estimate of drug-likeness (QED) is 0.693. The van der Waals surface area contributed by atoms with Gasteiger partial charge in [0.1, 0.15) is 0 Å². The molecule has 0 bridgehead atoms. The van der Waals surface area contributed by atoms with Gasteiger partial charge in [-0.05, 0) is 18.0 Å². The van der Waals surface area contributed by atoms with Crippen molar-refractivity contribution >= 4 is 11.5 Å². The van der Waals surface area contributed by atoms with Crippen LogP contribution in [0.1, 0.15) is 23.5 Å². The highest BCUT2D eigenvalue weighted by atomic mass is 32.1. The Bertz CT molecular complexity index is 244. The number of nitrogens with zero attached hydrogens (tertiary/aromatic N) is 2. The monoisotopic (exact) mass is 169 g/mol. The van der Waals surface area contributed by atoms with Crippen LogP contribution in [-0.2, 0) is 6.42 Å². The van der Waals surface area contributed by atoms with Gasteiger partial charge in [-0.2, -0.15) is 0 Å². The topological polar surface area (TPSA) is 51.8 Å². The molecule has 1 rings (SSSR count). The van der Waals surface area contributed by atoms with Crippen LogP contribution in [0.5, 0.6) is 0 Å². The molecule has 1 aromatic heterocycles. The third-order valence-electron chi connectivity index (χ3n) is 1.48. The van der Waals surface area contributed by atoms with E-state index in [0.717, 1.165) is 17.0 Å². The molecule has 0 saturated heterocycles. The SMILES string of the molecule is C=CC(N)c1snnc1CC. The van der Waals surface area contributed by atoms with Crippen LogP contribution in [0.2, 0.25) is 0 Å². The van der Waals surface area contributed by atoms with E-state index in [1.807, 2.05) is 6.92 Å². The van der Waals surface area contributed by atoms with E-state index < -0.39 is 0 Å². The van der Waals surface area contributed by atoms with Crippen molar-refractivity contribution < 1.29 is 0 Å². The summed E-state index contributed by atoms with van der Waals surface area (Å²) in [6.45, 7) is 5.66. The van der Waals surface area contributed by atoms with Gasteiger partial charge in [0.05, 0.1) is 16.6 Å². The molecule has 1 unspecified atom stereocenters. The molecule has 0 amide bonds. The maximum absolute atomic E-state index is 5.73. The Balaban J connectivity index is 2.91. The highest BCUT2D eigenvalue weighted by Crippen LogP contribution is 2.18. The average molecular weight is 169 g/mol. The van der Waals surface area contributed by atoms with Gasteiger partial charge in [-0.3, -0.25) is 0 Å². The van der Waals surface area contributed by atoms with E-state index in [1.165, 1.54) is 11.5 Å². The first-order valence-electron chi connectivity index (χ1n) is 3.48. The Morgan fingerprint density at radius 1 is 1.82 bits per heavy atom. The van der Waals surface area contributed by atoms with Crippen LogP contribution >= 0.6 is 11.5 Å². The molecule has 0 aliphatic heterocycles. The minimum absolute atomic E-state index is 0.107. The molecule has 0 radical (unpaired) electrons. The van der Waals surface area contributed by atoms with Crippen molar-refractivity contribution in [2.45, 2.75) is 19.4 Å². The Labute approximate surface area is 70.1 Å². The Morgan fingerprint density at radius 3 is 3.09 bits per heavy atom. The molecule has 0 fully saturated rings. The molecule has 1 aromatic rings. The van der Waals surface area contributed by atoms with Gasteiger partial charge in [-0.15, -0.1) is 11.7 Å². The van der Waals surface area contributed by atoms with E-state index in [1.54, 1.807) is 6.08 Å². The summed E-state index contributed by atoms with van der Waals surface area (Å²) in [5, 5.41) is 3.94. The fourth-order valence-electron chi connectivity index (χ4n) is 0.821. The lowest BCUT2D eigenvalue weighted by atomic mass is 10.2. The van der Waals surface area contributed by atoms with E-state index in [-0.39, 0.29) is 6.04 Å². The van der Waals surface area contributed by atoms with Crippen molar-refractivity contribution in [1.29, 1.82) is 0 Å². The summed E-state index contributed by atoms with van der Waals surface area (Å²) >= 11 is 1.35. The van der Waals surface area contributed by atoms with Crippen molar-refractivity contribution in [3.8, 4) is 0 Å². The molecule has 11 heavy (non-hydrogen) atoms. The van der Waals surface area contributed by atoms with Gasteiger partial charge < -0.3 is 5.73 Å². The molecule has 0 saturated carbocycles. The summed E-state index contributed by atoms with van der Waals surface area (Å²) in [5.41, 5.74) is 6.72. The summed E-state index contributed by atoms with van der Waals surface area (Å²) in [5.74, 6) is 0. The van der Waals surface area contributed by atoms with Gasteiger partial charge in [-0.25, -0.2) is 0 Å². The molecule has 2 N–H and O–H groups in total. The number of hydrogen-bond acceptors (Lipinski definition) is 4. The molecule has 0 spiro atoms. The molecule has 60 valence electrons. The lowest BCUT2D eigenvalue weighted by molar-refractivity contribution is 0.883. The minimum Gasteiger partial charge on any atom is -0.320 e. The van der Waals surface area contributed by atoms with E-state index in [9.17, 15) is 0 Å². The highest BCUT2D eigenvalue weighted by Gasteiger charge is 2.10. The lowest BCUT2D eigenvalue weighted by Gasteiger charge is -2.01. The molecule has 4 heteroatoms. The Kier molecular flexibility index (Phi) is 2.73. The largest absolute Gasteiger partial charge is 0.320 e. The predicted octanol–water partition coefficient (Wildman–Crippen LogP) is 1.29. The van der Waals surface area contributed by atoms with Crippen LogP contribution in [0.4, 0.5) is 0 Å². The van der Waals surface area contributed by atoms with Crippen molar-refractivity contribution in [2.24, 2.45) is 5.73 Å². The van der Waals surface area contributed by atoms with Crippen molar-refractivity contribution in [1.82, 2.24) is 9.59 Å². The first-order chi connectivity index (χ1) is 5.29. The van der Waals surface area contributed by atoms with Crippen LogP contribution in [0.25, 0.3) is 0 Å². The number of hydrogen-bond donors (Lipinski definition) is 1.